The van der Waals surface area contributed by atoms with E-state index in [9.17, 15) is 9.59 Å². The summed E-state index contributed by atoms with van der Waals surface area (Å²) in [5.41, 5.74) is 6.76. The molecule has 6 nitrogen and oxygen atoms in total. The maximum Gasteiger partial charge on any atom is 0.267 e. The molecule has 1 aromatic heterocycles. The zero-order valence-corrected chi connectivity index (χ0v) is 11.1. The van der Waals surface area contributed by atoms with Gasteiger partial charge >= 0.3 is 0 Å². The van der Waals surface area contributed by atoms with Gasteiger partial charge in [-0.2, -0.15) is 0 Å². The molecule has 0 atom stereocenters. The third kappa shape index (κ3) is 3.74. The van der Waals surface area contributed by atoms with E-state index in [1.165, 1.54) is 0 Å². The number of nitrogens with two attached hydrogens (primary N) is 1. The first-order valence-corrected chi connectivity index (χ1v) is 6.63. The predicted octanol–water partition coefficient (Wildman–Crippen LogP) is 0.489. The molecule has 0 saturated heterocycles. The van der Waals surface area contributed by atoms with Crippen LogP contribution in [0.2, 0.25) is 0 Å². The first-order chi connectivity index (χ1) is 9.10. The molecule has 19 heavy (non-hydrogen) atoms. The maximum absolute atomic E-state index is 11.9. The number of hydrogen-bond acceptors (Lipinski definition) is 3. The molecule has 104 valence electrons. The van der Waals surface area contributed by atoms with Gasteiger partial charge in [0.25, 0.3) is 5.91 Å². The average molecular weight is 264 g/mol. The average Bonchev–Trinajstić information content (AvgIpc) is 3.09. The number of amides is 2. The van der Waals surface area contributed by atoms with Crippen molar-refractivity contribution in [2.75, 3.05) is 12.3 Å². The third-order valence-electron chi connectivity index (χ3n) is 3.07. The van der Waals surface area contributed by atoms with Crippen LogP contribution in [0.25, 0.3) is 0 Å². The van der Waals surface area contributed by atoms with Crippen LogP contribution >= 0.6 is 0 Å². The van der Waals surface area contributed by atoms with Crippen LogP contribution in [0.4, 0.5) is 5.69 Å². The molecule has 4 N–H and O–H groups in total. The summed E-state index contributed by atoms with van der Waals surface area (Å²) in [6.07, 6.45) is 4.18. The number of anilines is 1. The zero-order chi connectivity index (χ0) is 13.8. The Morgan fingerprint density at radius 3 is 2.84 bits per heavy atom. The highest BCUT2D eigenvalue weighted by atomic mass is 16.2. The van der Waals surface area contributed by atoms with E-state index in [1.54, 1.807) is 16.8 Å². The Kier molecular flexibility index (Phi) is 4.09. The van der Waals surface area contributed by atoms with Crippen molar-refractivity contribution in [3.63, 3.8) is 0 Å². The van der Waals surface area contributed by atoms with Crippen molar-refractivity contribution in [3.8, 4) is 0 Å². The Hall–Kier alpha value is -1.98. The lowest BCUT2D eigenvalue weighted by molar-refractivity contribution is -0.121. The molecule has 0 unspecified atom stereocenters. The van der Waals surface area contributed by atoms with E-state index >= 15 is 0 Å². The van der Waals surface area contributed by atoms with Crippen LogP contribution in [0.15, 0.2) is 12.3 Å². The molecule has 0 aliphatic heterocycles. The van der Waals surface area contributed by atoms with Crippen molar-refractivity contribution in [1.82, 2.24) is 15.2 Å². The topological polar surface area (TPSA) is 89.2 Å². The number of hydrogen-bond donors (Lipinski definition) is 3. The normalized spacial score (nSPS) is 14.2. The molecule has 2 rings (SSSR count). The van der Waals surface area contributed by atoms with E-state index in [-0.39, 0.29) is 11.8 Å². The fraction of sp³-hybridized carbons (Fsp3) is 0.538. The van der Waals surface area contributed by atoms with E-state index < -0.39 is 0 Å². The molecule has 0 aromatic carbocycles. The van der Waals surface area contributed by atoms with Gasteiger partial charge in [0, 0.05) is 31.7 Å². The number of rotatable bonds is 6. The number of carbonyl (C=O) groups is 2. The molecular weight excluding hydrogens is 244 g/mol. The minimum Gasteiger partial charge on any atom is -0.397 e. The Morgan fingerprint density at radius 2 is 2.21 bits per heavy atom. The van der Waals surface area contributed by atoms with Crippen LogP contribution in [0.3, 0.4) is 0 Å². The van der Waals surface area contributed by atoms with Crippen LogP contribution in [-0.2, 0) is 11.3 Å². The fourth-order valence-corrected chi connectivity index (χ4v) is 1.89. The largest absolute Gasteiger partial charge is 0.397 e. The van der Waals surface area contributed by atoms with Crippen LogP contribution < -0.4 is 16.4 Å². The molecular formula is C13H20N4O2. The minimum atomic E-state index is -0.197. The summed E-state index contributed by atoms with van der Waals surface area (Å²) < 4.78 is 1.79. The molecule has 1 aromatic rings. The molecule has 1 aliphatic rings. The maximum atomic E-state index is 11.9. The molecule has 0 spiro atoms. The van der Waals surface area contributed by atoms with E-state index in [1.807, 2.05) is 6.92 Å². The van der Waals surface area contributed by atoms with Gasteiger partial charge in [0.1, 0.15) is 5.69 Å². The summed E-state index contributed by atoms with van der Waals surface area (Å²) in [6, 6.07) is 2.00. The number of aryl methyl sites for hydroxylation is 1. The van der Waals surface area contributed by atoms with Gasteiger partial charge in [-0.1, -0.05) is 0 Å². The van der Waals surface area contributed by atoms with E-state index in [2.05, 4.69) is 10.6 Å². The lowest BCUT2D eigenvalue weighted by atomic mass is 10.3. The Morgan fingerprint density at radius 1 is 1.47 bits per heavy atom. The molecule has 1 heterocycles. The SMILES string of the molecule is CCn1cc(N)cc1C(=O)NCCC(=O)NC1CC1. The zero-order valence-electron chi connectivity index (χ0n) is 11.1. The van der Waals surface area contributed by atoms with Gasteiger partial charge in [-0.05, 0) is 25.8 Å². The van der Waals surface area contributed by atoms with Crippen molar-refractivity contribution in [3.05, 3.63) is 18.0 Å². The minimum absolute atomic E-state index is 0.00631. The standard InChI is InChI=1S/C13H20N4O2/c1-2-17-8-9(14)7-11(17)13(19)15-6-5-12(18)16-10-3-4-10/h7-8,10H,2-6,14H2,1H3,(H,15,19)(H,16,18). The van der Waals surface area contributed by atoms with Gasteiger partial charge in [-0.15, -0.1) is 0 Å². The van der Waals surface area contributed by atoms with Crippen LogP contribution in [-0.4, -0.2) is 29.0 Å². The molecule has 2 amide bonds. The van der Waals surface area contributed by atoms with Gasteiger partial charge in [0.05, 0.1) is 5.69 Å². The molecule has 1 aliphatic carbocycles. The number of aromatic nitrogens is 1. The first kappa shape index (κ1) is 13.5. The van der Waals surface area contributed by atoms with Crippen LogP contribution in [0.5, 0.6) is 0 Å². The van der Waals surface area contributed by atoms with Gasteiger partial charge < -0.3 is 20.9 Å². The molecule has 0 bridgehead atoms. The lowest BCUT2D eigenvalue weighted by Crippen LogP contribution is -2.32. The van der Waals surface area contributed by atoms with E-state index in [0.717, 1.165) is 12.8 Å². The van der Waals surface area contributed by atoms with Crippen molar-refractivity contribution < 1.29 is 9.59 Å². The highest BCUT2D eigenvalue weighted by molar-refractivity contribution is 5.94. The fourth-order valence-electron chi connectivity index (χ4n) is 1.89. The first-order valence-electron chi connectivity index (χ1n) is 6.63. The molecule has 0 radical (unpaired) electrons. The van der Waals surface area contributed by atoms with Crippen molar-refractivity contribution in [2.24, 2.45) is 0 Å². The molecule has 1 saturated carbocycles. The monoisotopic (exact) mass is 264 g/mol. The summed E-state index contributed by atoms with van der Waals surface area (Å²) in [5.74, 6) is -0.203. The summed E-state index contributed by atoms with van der Waals surface area (Å²) in [7, 11) is 0. The number of nitrogen functional groups attached to an aromatic ring is 1. The number of nitrogens with one attached hydrogen (secondary N) is 2. The summed E-state index contributed by atoms with van der Waals surface area (Å²) in [6.45, 7) is 2.97. The smallest absolute Gasteiger partial charge is 0.267 e. The summed E-state index contributed by atoms with van der Waals surface area (Å²) in [5, 5.41) is 5.61. The highest BCUT2D eigenvalue weighted by Crippen LogP contribution is 2.18. The lowest BCUT2D eigenvalue weighted by Gasteiger charge is -2.07. The molecule has 6 heteroatoms. The van der Waals surface area contributed by atoms with Crippen LogP contribution in [0.1, 0.15) is 36.7 Å². The molecule has 1 fully saturated rings. The highest BCUT2D eigenvalue weighted by Gasteiger charge is 2.22. The summed E-state index contributed by atoms with van der Waals surface area (Å²) >= 11 is 0. The van der Waals surface area contributed by atoms with Crippen molar-refractivity contribution in [2.45, 2.75) is 38.8 Å². The quantitative estimate of drug-likeness (QED) is 0.698. The van der Waals surface area contributed by atoms with Gasteiger partial charge in [-0.3, -0.25) is 9.59 Å². The number of carbonyl (C=O) groups excluding carboxylic acids is 2. The third-order valence-corrected chi connectivity index (χ3v) is 3.07. The van der Waals surface area contributed by atoms with Gasteiger partial charge in [0.2, 0.25) is 5.91 Å². The van der Waals surface area contributed by atoms with E-state index in [0.29, 0.717) is 36.9 Å². The van der Waals surface area contributed by atoms with Crippen molar-refractivity contribution >= 4 is 17.5 Å². The summed E-state index contributed by atoms with van der Waals surface area (Å²) in [4.78, 5) is 23.4. The van der Waals surface area contributed by atoms with Crippen molar-refractivity contribution in [1.29, 1.82) is 0 Å². The van der Waals surface area contributed by atoms with E-state index in [4.69, 9.17) is 5.73 Å². The van der Waals surface area contributed by atoms with Crippen LogP contribution in [0, 0.1) is 0 Å². The van der Waals surface area contributed by atoms with Gasteiger partial charge in [0.15, 0.2) is 0 Å². The predicted molar refractivity (Wildman–Crippen MR) is 72.6 cm³/mol. The second-order valence-corrected chi connectivity index (χ2v) is 4.79. The Bertz CT molecular complexity index is 477. The van der Waals surface area contributed by atoms with Gasteiger partial charge in [-0.25, -0.2) is 0 Å². The second-order valence-electron chi connectivity index (χ2n) is 4.79. The second kappa shape index (κ2) is 5.77. The Labute approximate surface area is 112 Å². The number of nitrogens with zero attached hydrogens (tertiary/aromatic N) is 1. The Balaban J connectivity index is 1.78.